The van der Waals surface area contributed by atoms with Crippen molar-refractivity contribution in [3.8, 4) is 0 Å². The molecule has 0 fully saturated rings. The average molecular weight is 256 g/mol. The molecule has 0 aliphatic heterocycles. The van der Waals surface area contributed by atoms with E-state index in [2.05, 4.69) is 6.58 Å². The lowest BCUT2D eigenvalue weighted by Gasteiger charge is -2.13. The minimum atomic E-state index is -0.865. The predicted molar refractivity (Wildman–Crippen MR) is 70.0 cm³/mol. The highest BCUT2D eigenvalue weighted by atomic mass is 16.6. The Morgan fingerprint density at radius 3 is 1.83 bits per heavy atom. The predicted octanol–water partition coefficient (Wildman–Crippen LogP) is 2.87. The molecule has 18 heavy (non-hydrogen) atoms. The van der Waals surface area contributed by atoms with Gasteiger partial charge in [-0.1, -0.05) is 32.8 Å². The maximum absolute atomic E-state index is 11.7. The highest BCUT2D eigenvalue weighted by Crippen LogP contribution is 2.10. The van der Waals surface area contributed by atoms with E-state index in [4.69, 9.17) is 9.47 Å². The summed E-state index contributed by atoms with van der Waals surface area (Å²) in [6.07, 6.45) is 5.29. The molecule has 0 N–H and O–H groups in total. The van der Waals surface area contributed by atoms with Crippen molar-refractivity contribution in [1.82, 2.24) is 0 Å². The van der Waals surface area contributed by atoms with Crippen LogP contribution in [0.4, 0.5) is 0 Å². The Hall–Kier alpha value is -1.32. The molecule has 0 aromatic carbocycles. The van der Waals surface area contributed by atoms with E-state index in [-0.39, 0.29) is 6.42 Å². The maximum atomic E-state index is 11.7. The molecule has 0 bridgehead atoms. The van der Waals surface area contributed by atoms with E-state index >= 15 is 0 Å². The van der Waals surface area contributed by atoms with Gasteiger partial charge in [0.15, 0.2) is 5.92 Å². The molecule has 0 atom stereocenters. The van der Waals surface area contributed by atoms with Gasteiger partial charge in [0.1, 0.15) is 0 Å². The molecule has 0 radical (unpaired) electrons. The van der Waals surface area contributed by atoms with Gasteiger partial charge in [0, 0.05) is 0 Å². The number of allylic oxidation sites excluding steroid dienone is 1. The lowest BCUT2D eigenvalue weighted by atomic mass is 10.1. The summed E-state index contributed by atoms with van der Waals surface area (Å²) in [5, 5.41) is 0. The van der Waals surface area contributed by atoms with Crippen molar-refractivity contribution in [2.45, 2.75) is 46.0 Å². The van der Waals surface area contributed by atoms with Crippen LogP contribution in [0.25, 0.3) is 0 Å². The molecular weight excluding hydrogens is 232 g/mol. The van der Waals surface area contributed by atoms with Crippen molar-refractivity contribution in [1.29, 1.82) is 0 Å². The lowest BCUT2D eigenvalue weighted by molar-refractivity contribution is -0.162. The summed E-state index contributed by atoms with van der Waals surface area (Å²) in [7, 11) is 0. The fraction of sp³-hybridized carbons (Fsp3) is 0.714. The molecular formula is C14H24O4. The van der Waals surface area contributed by atoms with Gasteiger partial charge in [0.25, 0.3) is 0 Å². The van der Waals surface area contributed by atoms with E-state index in [9.17, 15) is 9.59 Å². The Kier molecular flexibility index (Phi) is 10.0. The molecule has 0 aliphatic rings. The molecule has 0 aromatic heterocycles. The summed E-state index contributed by atoms with van der Waals surface area (Å²) in [5.74, 6) is -1.88. The molecule has 104 valence electrons. The molecule has 0 rings (SSSR count). The van der Waals surface area contributed by atoms with Gasteiger partial charge in [-0.05, 0) is 19.3 Å². The van der Waals surface area contributed by atoms with E-state index in [0.29, 0.717) is 13.2 Å². The number of ether oxygens (including phenoxy) is 2. The number of hydrogen-bond acceptors (Lipinski definition) is 4. The van der Waals surface area contributed by atoms with Gasteiger partial charge in [-0.25, -0.2) is 0 Å². The van der Waals surface area contributed by atoms with Crippen molar-refractivity contribution >= 4 is 11.9 Å². The smallest absolute Gasteiger partial charge is 0.320 e. The minimum absolute atomic E-state index is 0.260. The van der Waals surface area contributed by atoms with Crippen molar-refractivity contribution in [3.05, 3.63) is 12.7 Å². The molecule has 0 saturated carbocycles. The van der Waals surface area contributed by atoms with Crippen LogP contribution in [0.3, 0.4) is 0 Å². The van der Waals surface area contributed by atoms with Crippen molar-refractivity contribution in [2.24, 2.45) is 5.92 Å². The quantitative estimate of drug-likeness (QED) is 0.261. The van der Waals surface area contributed by atoms with Crippen LogP contribution in [-0.4, -0.2) is 25.2 Å². The summed E-state index contributed by atoms with van der Waals surface area (Å²) in [4.78, 5) is 23.4. The van der Waals surface area contributed by atoms with Crippen LogP contribution in [0, 0.1) is 5.92 Å². The lowest BCUT2D eigenvalue weighted by Crippen LogP contribution is -2.28. The first-order valence-electron chi connectivity index (χ1n) is 6.61. The zero-order valence-corrected chi connectivity index (χ0v) is 11.4. The molecule has 0 amide bonds. The Labute approximate surface area is 109 Å². The van der Waals surface area contributed by atoms with Crippen molar-refractivity contribution < 1.29 is 19.1 Å². The third kappa shape index (κ3) is 7.09. The Bertz CT molecular complexity index is 239. The standard InChI is InChI=1S/C14H24O4/c1-4-7-10-17-13(15)12(9-6-3)14(16)18-11-8-5-2/h6,12H,3-5,7-11H2,1-2H3. The van der Waals surface area contributed by atoms with E-state index < -0.39 is 17.9 Å². The highest BCUT2D eigenvalue weighted by Gasteiger charge is 2.28. The summed E-state index contributed by atoms with van der Waals surface area (Å²) in [6.45, 7) is 8.26. The van der Waals surface area contributed by atoms with Gasteiger partial charge in [0.05, 0.1) is 13.2 Å². The number of carbonyl (C=O) groups is 2. The van der Waals surface area contributed by atoms with Crippen LogP contribution in [0.15, 0.2) is 12.7 Å². The summed E-state index contributed by atoms with van der Waals surface area (Å²) >= 11 is 0. The molecule has 0 heterocycles. The third-order valence-electron chi connectivity index (χ3n) is 2.46. The third-order valence-corrected chi connectivity index (χ3v) is 2.46. The summed E-state index contributed by atoms with van der Waals surface area (Å²) in [6, 6.07) is 0. The van der Waals surface area contributed by atoms with Crippen LogP contribution in [0.5, 0.6) is 0 Å². The fourth-order valence-electron chi connectivity index (χ4n) is 1.29. The highest BCUT2D eigenvalue weighted by molar-refractivity contribution is 5.95. The van der Waals surface area contributed by atoms with E-state index in [1.807, 2.05) is 13.8 Å². The second kappa shape index (κ2) is 10.8. The zero-order valence-electron chi connectivity index (χ0n) is 11.4. The van der Waals surface area contributed by atoms with Crippen LogP contribution in [0.1, 0.15) is 46.0 Å². The SMILES string of the molecule is C=CCC(C(=O)OCCCC)C(=O)OCCCC. The van der Waals surface area contributed by atoms with E-state index in [0.717, 1.165) is 25.7 Å². The number of hydrogen-bond donors (Lipinski definition) is 0. The van der Waals surface area contributed by atoms with Gasteiger partial charge in [0.2, 0.25) is 0 Å². The topological polar surface area (TPSA) is 52.6 Å². The van der Waals surface area contributed by atoms with Gasteiger partial charge in [-0.15, -0.1) is 6.58 Å². The van der Waals surface area contributed by atoms with Gasteiger partial charge < -0.3 is 9.47 Å². The van der Waals surface area contributed by atoms with Crippen LogP contribution < -0.4 is 0 Å². The first-order valence-corrected chi connectivity index (χ1v) is 6.61. The largest absolute Gasteiger partial charge is 0.465 e. The normalized spacial score (nSPS) is 10.2. The summed E-state index contributed by atoms with van der Waals surface area (Å²) < 4.78 is 10.1. The number of carbonyl (C=O) groups excluding carboxylic acids is 2. The molecule has 4 nitrogen and oxygen atoms in total. The van der Waals surface area contributed by atoms with Crippen LogP contribution >= 0.6 is 0 Å². The Morgan fingerprint density at radius 2 is 1.50 bits per heavy atom. The monoisotopic (exact) mass is 256 g/mol. The summed E-state index contributed by atoms with van der Waals surface area (Å²) in [5.41, 5.74) is 0. The molecule has 0 spiro atoms. The second-order valence-corrected chi connectivity index (χ2v) is 4.12. The van der Waals surface area contributed by atoms with E-state index in [1.165, 1.54) is 6.08 Å². The molecule has 4 heteroatoms. The number of unbranched alkanes of at least 4 members (excludes halogenated alkanes) is 2. The number of esters is 2. The zero-order chi connectivity index (χ0) is 13.8. The van der Waals surface area contributed by atoms with Crippen LogP contribution in [0.2, 0.25) is 0 Å². The molecule has 0 aromatic rings. The van der Waals surface area contributed by atoms with Gasteiger partial charge >= 0.3 is 11.9 Å². The molecule has 0 saturated heterocycles. The average Bonchev–Trinajstić information content (AvgIpc) is 2.36. The second-order valence-electron chi connectivity index (χ2n) is 4.12. The molecule has 0 unspecified atom stereocenters. The Balaban J connectivity index is 4.21. The van der Waals surface area contributed by atoms with Crippen molar-refractivity contribution in [2.75, 3.05) is 13.2 Å². The van der Waals surface area contributed by atoms with E-state index in [1.54, 1.807) is 0 Å². The first-order chi connectivity index (χ1) is 8.67. The molecule has 0 aliphatic carbocycles. The van der Waals surface area contributed by atoms with Gasteiger partial charge in [-0.2, -0.15) is 0 Å². The van der Waals surface area contributed by atoms with Crippen molar-refractivity contribution in [3.63, 3.8) is 0 Å². The Morgan fingerprint density at radius 1 is 1.06 bits per heavy atom. The fourth-order valence-corrected chi connectivity index (χ4v) is 1.29. The van der Waals surface area contributed by atoms with Crippen LogP contribution in [-0.2, 0) is 19.1 Å². The number of rotatable bonds is 10. The maximum Gasteiger partial charge on any atom is 0.320 e. The minimum Gasteiger partial charge on any atom is -0.465 e. The first kappa shape index (κ1) is 16.7. The van der Waals surface area contributed by atoms with Gasteiger partial charge in [-0.3, -0.25) is 9.59 Å².